The molecule has 0 saturated heterocycles. The van der Waals surface area contributed by atoms with E-state index in [9.17, 15) is 4.79 Å². The Morgan fingerprint density at radius 2 is 1.61 bits per heavy atom. The van der Waals surface area contributed by atoms with Crippen LogP contribution in [0.2, 0.25) is 0 Å². The molecule has 1 aromatic heterocycles. The maximum atomic E-state index is 11.5. The highest BCUT2D eigenvalue weighted by Crippen LogP contribution is 2.23. The lowest BCUT2D eigenvalue weighted by Gasteiger charge is -2.10. The van der Waals surface area contributed by atoms with Crippen LogP contribution >= 0.6 is 0 Å². The number of imidazole rings is 1. The zero-order valence-corrected chi connectivity index (χ0v) is 17.8. The molecule has 31 heavy (non-hydrogen) atoms. The number of rotatable bonds is 6. The monoisotopic (exact) mass is 412 g/mol. The molecule has 0 aliphatic heterocycles. The Kier molecular flexibility index (Phi) is 5.85. The van der Waals surface area contributed by atoms with Crippen LogP contribution < -0.4 is 4.74 Å². The van der Waals surface area contributed by atoms with E-state index in [1.165, 1.54) is 7.11 Å². The molecule has 0 bridgehead atoms. The molecule has 0 fully saturated rings. The Hall–Kier alpha value is -3.86. The summed E-state index contributed by atoms with van der Waals surface area (Å²) in [5, 5.41) is 0. The first-order valence-corrected chi connectivity index (χ1v) is 10.1. The van der Waals surface area contributed by atoms with E-state index in [2.05, 4.69) is 27.8 Å². The molecule has 0 aliphatic rings. The van der Waals surface area contributed by atoms with E-state index < -0.39 is 0 Å². The molecule has 0 atom stereocenters. The number of nitrogens with zero attached hydrogens (tertiary/aromatic N) is 2. The van der Waals surface area contributed by atoms with Crippen LogP contribution in [-0.4, -0.2) is 28.7 Å². The summed E-state index contributed by atoms with van der Waals surface area (Å²) in [6.07, 6.45) is 6.02. The van der Waals surface area contributed by atoms with Gasteiger partial charge < -0.3 is 9.47 Å². The Balaban J connectivity index is 1.53. The van der Waals surface area contributed by atoms with Gasteiger partial charge in [0.05, 0.1) is 29.8 Å². The predicted octanol–water partition coefficient (Wildman–Crippen LogP) is 5.77. The molecule has 1 heterocycles. The fraction of sp³-hybridized carbons (Fsp3) is 0.154. The molecule has 5 nitrogen and oxygen atoms in total. The smallest absolute Gasteiger partial charge is 0.337 e. The minimum atomic E-state index is -0.335. The van der Waals surface area contributed by atoms with Gasteiger partial charge in [0.1, 0.15) is 12.1 Å². The summed E-state index contributed by atoms with van der Waals surface area (Å²) < 4.78 is 12.5. The average Bonchev–Trinajstić information content (AvgIpc) is 3.21. The van der Waals surface area contributed by atoms with E-state index in [0.29, 0.717) is 5.56 Å². The van der Waals surface area contributed by atoms with Crippen LogP contribution in [0.15, 0.2) is 73.1 Å². The van der Waals surface area contributed by atoms with Gasteiger partial charge in [0.25, 0.3) is 0 Å². The van der Waals surface area contributed by atoms with Gasteiger partial charge in [0, 0.05) is 5.69 Å². The zero-order valence-electron chi connectivity index (χ0n) is 17.8. The summed E-state index contributed by atoms with van der Waals surface area (Å²) in [6.45, 7) is 4.03. The molecule has 0 spiro atoms. The molecule has 4 aromatic rings. The number of hydrogen-bond acceptors (Lipinski definition) is 4. The summed E-state index contributed by atoms with van der Waals surface area (Å²) in [7, 11) is 1.38. The predicted molar refractivity (Wildman–Crippen MR) is 124 cm³/mol. The second-order valence-corrected chi connectivity index (χ2v) is 7.47. The van der Waals surface area contributed by atoms with E-state index >= 15 is 0 Å². The maximum Gasteiger partial charge on any atom is 0.337 e. The number of benzene rings is 3. The number of esters is 1. The van der Waals surface area contributed by atoms with Crippen molar-refractivity contribution < 1.29 is 14.3 Å². The van der Waals surface area contributed by atoms with Crippen LogP contribution in [0.4, 0.5) is 0 Å². The molecule has 0 aliphatic carbocycles. The Morgan fingerprint density at radius 1 is 0.935 bits per heavy atom. The van der Waals surface area contributed by atoms with Gasteiger partial charge in [0.15, 0.2) is 0 Å². The third-order valence-corrected chi connectivity index (χ3v) is 4.86. The first-order chi connectivity index (χ1) is 15.0. The largest absolute Gasteiger partial charge is 0.491 e. The highest BCUT2D eigenvalue weighted by atomic mass is 16.5. The van der Waals surface area contributed by atoms with Crippen LogP contribution in [0.25, 0.3) is 28.9 Å². The van der Waals surface area contributed by atoms with Crippen molar-refractivity contribution in [2.45, 2.75) is 20.0 Å². The number of ether oxygens (including phenoxy) is 2. The molecule has 5 heteroatoms. The normalized spacial score (nSPS) is 11.4. The van der Waals surface area contributed by atoms with Crippen LogP contribution in [0.1, 0.15) is 35.3 Å². The highest BCUT2D eigenvalue weighted by molar-refractivity contribution is 5.89. The Labute approximate surface area is 181 Å². The summed E-state index contributed by atoms with van der Waals surface area (Å²) >= 11 is 0. The Bertz CT molecular complexity index is 1220. The van der Waals surface area contributed by atoms with Crippen molar-refractivity contribution >= 4 is 29.2 Å². The molecule has 0 N–H and O–H groups in total. The van der Waals surface area contributed by atoms with Gasteiger partial charge in [-0.3, -0.25) is 4.57 Å². The maximum absolute atomic E-state index is 11.5. The third kappa shape index (κ3) is 4.67. The molecule has 0 unspecified atom stereocenters. The number of hydrogen-bond donors (Lipinski definition) is 0. The number of carbonyl (C=O) groups is 1. The Morgan fingerprint density at radius 3 is 2.29 bits per heavy atom. The van der Waals surface area contributed by atoms with Gasteiger partial charge in [-0.05, 0) is 73.5 Å². The molecule has 0 amide bonds. The standard InChI is InChI=1S/C26H24N2O3/c1-18(2)31-23-13-11-22(12-14-23)28-17-27-24-16-20(8-15-25(24)28)5-4-19-6-9-21(10-7-19)26(29)30-3/h4-18H,1-3H3/b5-4-. The lowest BCUT2D eigenvalue weighted by Crippen LogP contribution is -2.05. The van der Waals surface area contributed by atoms with E-state index in [1.54, 1.807) is 12.1 Å². The summed E-state index contributed by atoms with van der Waals surface area (Å²) in [4.78, 5) is 16.1. The molecule has 4 rings (SSSR count). The molecule has 0 saturated carbocycles. The van der Waals surface area contributed by atoms with Crippen LogP contribution in [0, 0.1) is 0 Å². The summed E-state index contributed by atoms with van der Waals surface area (Å²) in [5.74, 6) is 0.522. The fourth-order valence-corrected chi connectivity index (χ4v) is 3.34. The van der Waals surface area contributed by atoms with Gasteiger partial charge in [-0.1, -0.05) is 30.4 Å². The highest BCUT2D eigenvalue weighted by Gasteiger charge is 2.06. The lowest BCUT2D eigenvalue weighted by atomic mass is 10.1. The quantitative estimate of drug-likeness (QED) is 0.298. The first-order valence-electron chi connectivity index (χ1n) is 10.1. The van der Waals surface area contributed by atoms with Crippen LogP contribution in [0.3, 0.4) is 0 Å². The van der Waals surface area contributed by atoms with Gasteiger partial charge in [-0.25, -0.2) is 9.78 Å². The average molecular weight is 412 g/mol. The molecular formula is C26H24N2O3. The van der Waals surface area contributed by atoms with Gasteiger partial charge in [-0.15, -0.1) is 0 Å². The van der Waals surface area contributed by atoms with Crippen LogP contribution in [0.5, 0.6) is 5.75 Å². The van der Waals surface area contributed by atoms with Crippen molar-refractivity contribution in [1.29, 1.82) is 0 Å². The molecular weight excluding hydrogens is 388 g/mol. The topological polar surface area (TPSA) is 53.3 Å². The summed E-state index contributed by atoms with van der Waals surface area (Å²) in [6, 6.07) is 21.5. The van der Waals surface area contributed by atoms with Crippen molar-refractivity contribution in [1.82, 2.24) is 9.55 Å². The SMILES string of the molecule is COC(=O)c1ccc(/C=C\c2ccc3c(c2)ncn3-c2ccc(OC(C)C)cc2)cc1. The van der Waals surface area contributed by atoms with Gasteiger partial charge in [0.2, 0.25) is 0 Å². The van der Waals surface area contributed by atoms with Gasteiger partial charge >= 0.3 is 5.97 Å². The first kappa shape index (κ1) is 20.4. The minimum Gasteiger partial charge on any atom is -0.491 e. The third-order valence-electron chi connectivity index (χ3n) is 4.86. The molecule has 156 valence electrons. The van der Waals surface area contributed by atoms with Crippen molar-refractivity contribution in [3.8, 4) is 11.4 Å². The van der Waals surface area contributed by atoms with Crippen molar-refractivity contribution in [3.63, 3.8) is 0 Å². The van der Waals surface area contributed by atoms with E-state index in [4.69, 9.17) is 9.47 Å². The fourth-order valence-electron chi connectivity index (χ4n) is 3.34. The van der Waals surface area contributed by atoms with Crippen LogP contribution in [-0.2, 0) is 4.74 Å². The number of carbonyl (C=O) groups excluding carboxylic acids is 1. The lowest BCUT2D eigenvalue weighted by molar-refractivity contribution is 0.0600. The number of methoxy groups -OCH3 is 1. The second kappa shape index (κ2) is 8.88. The summed E-state index contributed by atoms with van der Waals surface area (Å²) in [5.41, 5.74) is 5.59. The van der Waals surface area contributed by atoms with E-state index in [1.807, 2.05) is 68.7 Å². The minimum absolute atomic E-state index is 0.150. The van der Waals surface area contributed by atoms with Crippen molar-refractivity contribution in [3.05, 3.63) is 89.7 Å². The second-order valence-electron chi connectivity index (χ2n) is 7.47. The molecule has 0 radical (unpaired) electrons. The van der Waals surface area contributed by atoms with Crippen molar-refractivity contribution in [2.24, 2.45) is 0 Å². The number of aromatic nitrogens is 2. The van der Waals surface area contributed by atoms with E-state index in [0.717, 1.165) is 33.6 Å². The van der Waals surface area contributed by atoms with Gasteiger partial charge in [-0.2, -0.15) is 0 Å². The van der Waals surface area contributed by atoms with Crippen molar-refractivity contribution in [2.75, 3.05) is 7.11 Å². The zero-order chi connectivity index (χ0) is 21.8. The molecule has 3 aromatic carbocycles. The van der Waals surface area contributed by atoms with E-state index in [-0.39, 0.29) is 12.1 Å². The number of fused-ring (bicyclic) bond motifs is 1.